The Bertz CT molecular complexity index is 852. The average molecular weight is 429 g/mol. The van der Waals surface area contributed by atoms with Crippen molar-refractivity contribution in [1.29, 1.82) is 0 Å². The summed E-state index contributed by atoms with van der Waals surface area (Å²) in [7, 11) is 1.59. The van der Waals surface area contributed by atoms with Crippen molar-refractivity contribution in [2.45, 2.75) is 13.2 Å². The van der Waals surface area contributed by atoms with E-state index in [2.05, 4.69) is 25.3 Å². The summed E-state index contributed by atoms with van der Waals surface area (Å²) in [6, 6.07) is 6.33. The van der Waals surface area contributed by atoms with Gasteiger partial charge in [-0.25, -0.2) is 4.98 Å². The SMILES string of the molecule is CN=C(NCCOc1ccc(Cl)cn1)NCc1cc2c(cc1OC(F)F)OCO2. The molecule has 0 aliphatic carbocycles. The lowest BCUT2D eigenvalue weighted by molar-refractivity contribution is -0.0505. The van der Waals surface area contributed by atoms with E-state index in [1.54, 1.807) is 25.2 Å². The monoisotopic (exact) mass is 428 g/mol. The second-order valence-corrected chi connectivity index (χ2v) is 6.14. The van der Waals surface area contributed by atoms with Crippen molar-refractivity contribution < 1.29 is 27.7 Å². The summed E-state index contributed by atoms with van der Waals surface area (Å²) in [6.07, 6.45) is 1.50. The van der Waals surface area contributed by atoms with E-state index in [1.165, 1.54) is 12.3 Å². The number of benzene rings is 1. The smallest absolute Gasteiger partial charge is 0.387 e. The largest absolute Gasteiger partial charge is 0.476 e. The molecule has 1 aliphatic heterocycles. The maximum Gasteiger partial charge on any atom is 0.387 e. The van der Waals surface area contributed by atoms with Crippen molar-refractivity contribution in [2.24, 2.45) is 4.99 Å². The van der Waals surface area contributed by atoms with Crippen LogP contribution in [-0.4, -0.2) is 44.5 Å². The van der Waals surface area contributed by atoms with Crippen LogP contribution in [-0.2, 0) is 6.54 Å². The average Bonchev–Trinajstić information content (AvgIpc) is 3.15. The molecule has 1 aliphatic rings. The molecule has 8 nitrogen and oxygen atoms in total. The Balaban J connectivity index is 1.51. The molecule has 0 bridgehead atoms. The van der Waals surface area contributed by atoms with Crippen molar-refractivity contribution in [2.75, 3.05) is 27.0 Å². The maximum absolute atomic E-state index is 12.7. The summed E-state index contributed by atoms with van der Waals surface area (Å²) in [4.78, 5) is 8.11. The zero-order valence-corrected chi connectivity index (χ0v) is 16.2. The maximum atomic E-state index is 12.7. The fourth-order valence-electron chi connectivity index (χ4n) is 2.48. The Kier molecular flexibility index (Phi) is 7.12. The number of aromatic nitrogens is 1. The summed E-state index contributed by atoms with van der Waals surface area (Å²) >= 11 is 5.77. The molecule has 0 saturated carbocycles. The number of aliphatic imine (C=N–C) groups is 1. The highest BCUT2D eigenvalue weighted by molar-refractivity contribution is 6.30. The normalized spacial score (nSPS) is 12.8. The standard InChI is InChI=1S/C18H19ClF2N4O4/c1-22-18(23-4-5-26-16-3-2-12(19)9-24-16)25-8-11-6-14-15(28-10-27-14)7-13(11)29-17(20)21/h2-3,6-7,9,17H,4-5,8,10H2,1H3,(H2,22,23,25). The van der Waals surface area contributed by atoms with E-state index < -0.39 is 6.61 Å². The van der Waals surface area contributed by atoms with Crippen molar-refractivity contribution in [3.63, 3.8) is 0 Å². The van der Waals surface area contributed by atoms with E-state index in [0.29, 0.717) is 47.1 Å². The van der Waals surface area contributed by atoms with E-state index in [-0.39, 0.29) is 19.1 Å². The molecule has 2 aromatic rings. The van der Waals surface area contributed by atoms with Crippen LogP contribution in [0.2, 0.25) is 5.02 Å². The minimum absolute atomic E-state index is 0.00403. The third kappa shape index (κ3) is 5.98. The molecule has 1 aromatic carbocycles. The lowest BCUT2D eigenvalue weighted by Gasteiger charge is -2.15. The summed E-state index contributed by atoms with van der Waals surface area (Å²) in [5.74, 6) is 1.74. The van der Waals surface area contributed by atoms with Crippen LogP contribution in [0.3, 0.4) is 0 Å². The molecule has 0 unspecified atom stereocenters. The van der Waals surface area contributed by atoms with E-state index in [9.17, 15) is 8.78 Å². The van der Waals surface area contributed by atoms with Gasteiger partial charge in [-0.3, -0.25) is 4.99 Å². The fourth-order valence-corrected chi connectivity index (χ4v) is 2.59. The molecule has 2 N–H and O–H groups in total. The Hall–Kier alpha value is -3.01. The Labute approximate surface area is 170 Å². The molecule has 156 valence electrons. The highest BCUT2D eigenvalue weighted by Gasteiger charge is 2.20. The van der Waals surface area contributed by atoms with Gasteiger partial charge in [-0.2, -0.15) is 8.78 Å². The zero-order valence-electron chi connectivity index (χ0n) is 15.5. The van der Waals surface area contributed by atoms with E-state index >= 15 is 0 Å². The molecule has 29 heavy (non-hydrogen) atoms. The van der Waals surface area contributed by atoms with Gasteiger partial charge < -0.3 is 29.6 Å². The summed E-state index contributed by atoms with van der Waals surface area (Å²) in [5.41, 5.74) is 0.471. The first-order valence-corrected chi connectivity index (χ1v) is 8.99. The number of nitrogens with zero attached hydrogens (tertiary/aromatic N) is 2. The zero-order chi connectivity index (χ0) is 20.6. The van der Waals surface area contributed by atoms with Gasteiger partial charge in [0.1, 0.15) is 12.4 Å². The first kappa shape index (κ1) is 20.7. The first-order valence-electron chi connectivity index (χ1n) is 8.61. The number of pyridine rings is 1. The predicted octanol–water partition coefficient (Wildman–Crippen LogP) is 2.81. The molecule has 0 spiro atoms. The van der Waals surface area contributed by atoms with Crippen LogP contribution in [0.25, 0.3) is 0 Å². The predicted molar refractivity (Wildman–Crippen MR) is 102 cm³/mol. The minimum atomic E-state index is -2.95. The number of rotatable bonds is 8. The highest BCUT2D eigenvalue weighted by Crippen LogP contribution is 2.38. The van der Waals surface area contributed by atoms with Crippen LogP contribution in [0.5, 0.6) is 23.1 Å². The van der Waals surface area contributed by atoms with Gasteiger partial charge in [0.25, 0.3) is 0 Å². The van der Waals surface area contributed by atoms with Gasteiger partial charge in [0.2, 0.25) is 12.7 Å². The highest BCUT2D eigenvalue weighted by atomic mass is 35.5. The van der Waals surface area contributed by atoms with Gasteiger partial charge in [0.05, 0.1) is 11.6 Å². The fraction of sp³-hybridized carbons (Fsp3) is 0.333. The van der Waals surface area contributed by atoms with Gasteiger partial charge in [-0.15, -0.1) is 0 Å². The van der Waals surface area contributed by atoms with Crippen molar-refractivity contribution >= 4 is 17.6 Å². The van der Waals surface area contributed by atoms with E-state index in [4.69, 9.17) is 25.8 Å². The van der Waals surface area contributed by atoms with Crippen molar-refractivity contribution in [3.8, 4) is 23.1 Å². The lowest BCUT2D eigenvalue weighted by atomic mass is 10.1. The molecular formula is C18H19ClF2N4O4. The van der Waals surface area contributed by atoms with Gasteiger partial charge in [0, 0.05) is 37.5 Å². The summed E-state index contributed by atoms with van der Waals surface area (Å²) in [5, 5.41) is 6.60. The van der Waals surface area contributed by atoms with Crippen LogP contribution in [0.15, 0.2) is 35.5 Å². The van der Waals surface area contributed by atoms with Gasteiger partial charge in [-0.1, -0.05) is 11.6 Å². The second-order valence-electron chi connectivity index (χ2n) is 5.71. The Morgan fingerprint density at radius 2 is 2.07 bits per heavy atom. The molecule has 11 heteroatoms. The van der Waals surface area contributed by atoms with Gasteiger partial charge in [0.15, 0.2) is 17.5 Å². The molecule has 0 saturated heterocycles. The van der Waals surface area contributed by atoms with E-state index in [1.807, 2.05) is 0 Å². The van der Waals surface area contributed by atoms with Crippen LogP contribution < -0.4 is 29.6 Å². The quantitative estimate of drug-likeness (QED) is 0.380. The number of halogens is 3. The minimum Gasteiger partial charge on any atom is -0.476 e. The van der Waals surface area contributed by atoms with Crippen LogP contribution >= 0.6 is 11.6 Å². The van der Waals surface area contributed by atoms with Crippen LogP contribution in [0, 0.1) is 0 Å². The molecule has 0 fully saturated rings. The number of hydrogen-bond acceptors (Lipinski definition) is 6. The Morgan fingerprint density at radius 3 is 2.76 bits per heavy atom. The van der Waals surface area contributed by atoms with Crippen molar-refractivity contribution in [1.82, 2.24) is 15.6 Å². The molecular weight excluding hydrogens is 410 g/mol. The molecule has 3 rings (SSSR count). The third-order valence-corrected chi connectivity index (χ3v) is 4.01. The molecule has 0 atom stereocenters. The Morgan fingerprint density at radius 1 is 1.28 bits per heavy atom. The number of nitrogens with one attached hydrogen (secondary N) is 2. The number of hydrogen-bond donors (Lipinski definition) is 2. The lowest BCUT2D eigenvalue weighted by Crippen LogP contribution is -2.39. The van der Waals surface area contributed by atoms with Crippen LogP contribution in [0.4, 0.5) is 8.78 Å². The second kappa shape index (κ2) is 9.97. The topological polar surface area (TPSA) is 86.2 Å². The van der Waals surface area contributed by atoms with Gasteiger partial charge >= 0.3 is 6.61 Å². The molecule has 0 amide bonds. The third-order valence-electron chi connectivity index (χ3n) is 3.79. The van der Waals surface area contributed by atoms with Gasteiger partial charge in [-0.05, 0) is 12.1 Å². The summed E-state index contributed by atoms with van der Waals surface area (Å²) in [6.45, 7) is -1.97. The van der Waals surface area contributed by atoms with Crippen LogP contribution in [0.1, 0.15) is 5.56 Å². The number of ether oxygens (including phenoxy) is 4. The number of fused-ring (bicyclic) bond motifs is 1. The molecule has 0 radical (unpaired) electrons. The van der Waals surface area contributed by atoms with E-state index in [0.717, 1.165) is 0 Å². The molecule has 1 aromatic heterocycles. The first-order chi connectivity index (χ1) is 14.0. The number of alkyl halides is 2. The number of guanidine groups is 1. The summed E-state index contributed by atoms with van der Waals surface area (Å²) < 4.78 is 46.0. The molecule has 2 heterocycles. The van der Waals surface area contributed by atoms with Crippen molar-refractivity contribution in [3.05, 3.63) is 41.0 Å².